The monoisotopic (exact) mass is 328 g/mol. The summed E-state index contributed by atoms with van der Waals surface area (Å²) in [5, 5.41) is 5.24. The van der Waals surface area contributed by atoms with Crippen molar-refractivity contribution in [2.45, 2.75) is 31.7 Å². The molecular formula is C19H24N2OS. The summed E-state index contributed by atoms with van der Waals surface area (Å²) in [5.74, 6) is 0.115. The summed E-state index contributed by atoms with van der Waals surface area (Å²) in [6.45, 7) is 4.15. The molecule has 3 nitrogen and oxygen atoms in total. The highest BCUT2D eigenvalue weighted by molar-refractivity contribution is 7.10. The zero-order valence-electron chi connectivity index (χ0n) is 13.8. The zero-order chi connectivity index (χ0) is 16.3. The number of nitrogens with zero attached hydrogens (tertiary/aromatic N) is 1. The molecule has 1 aromatic carbocycles. The SMILES string of the molecule is Cc1ccsc1CN(C)CC(=O)NCC1(c2ccccc2)CC1. The summed E-state index contributed by atoms with van der Waals surface area (Å²) in [5.41, 5.74) is 2.84. The van der Waals surface area contributed by atoms with E-state index >= 15 is 0 Å². The lowest BCUT2D eigenvalue weighted by Gasteiger charge is -2.19. The topological polar surface area (TPSA) is 32.3 Å². The van der Waals surface area contributed by atoms with Gasteiger partial charge in [-0.25, -0.2) is 0 Å². The van der Waals surface area contributed by atoms with Gasteiger partial charge >= 0.3 is 0 Å². The van der Waals surface area contributed by atoms with E-state index in [9.17, 15) is 4.79 Å². The molecule has 4 heteroatoms. The number of benzene rings is 1. The molecule has 1 amide bonds. The first kappa shape index (κ1) is 16.2. The van der Waals surface area contributed by atoms with Gasteiger partial charge in [0.2, 0.25) is 5.91 Å². The predicted molar refractivity (Wildman–Crippen MR) is 95.8 cm³/mol. The van der Waals surface area contributed by atoms with Crippen molar-refractivity contribution in [1.82, 2.24) is 10.2 Å². The van der Waals surface area contributed by atoms with Crippen molar-refractivity contribution in [3.63, 3.8) is 0 Å². The van der Waals surface area contributed by atoms with Crippen LogP contribution in [0.5, 0.6) is 0 Å². The van der Waals surface area contributed by atoms with Gasteiger partial charge in [-0.2, -0.15) is 0 Å². The molecule has 0 unspecified atom stereocenters. The van der Waals surface area contributed by atoms with Crippen molar-refractivity contribution in [2.75, 3.05) is 20.1 Å². The largest absolute Gasteiger partial charge is 0.354 e. The van der Waals surface area contributed by atoms with Crippen LogP contribution in [0.3, 0.4) is 0 Å². The molecule has 0 bridgehead atoms. The average Bonchev–Trinajstić information content (AvgIpc) is 3.25. The molecule has 1 saturated carbocycles. The van der Waals surface area contributed by atoms with Crippen molar-refractivity contribution < 1.29 is 4.79 Å². The molecule has 0 radical (unpaired) electrons. The lowest BCUT2D eigenvalue weighted by Crippen LogP contribution is -2.38. The smallest absolute Gasteiger partial charge is 0.234 e. The number of carbonyl (C=O) groups excluding carboxylic acids is 1. The average molecular weight is 328 g/mol. The first-order valence-electron chi connectivity index (χ1n) is 8.13. The summed E-state index contributed by atoms with van der Waals surface area (Å²) >= 11 is 1.76. The fraction of sp³-hybridized carbons (Fsp3) is 0.421. The van der Waals surface area contributed by atoms with E-state index in [1.807, 2.05) is 13.1 Å². The second kappa shape index (κ2) is 6.85. The second-order valence-electron chi connectivity index (χ2n) is 6.62. The third-order valence-electron chi connectivity index (χ3n) is 4.66. The molecule has 0 aliphatic heterocycles. The number of aryl methyl sites for hydroxylation is 1. The van der Waals surface area contributed by atoms with Crippen LogP contribution < -0.4 is 5.32 Å². The maximum atomic E-state index is 12.2. The zero-order valence-corrected chi connectivity index (χ0v) is 14.7. The summed E-state index contributed by atoms with van der Waals surface area (Å²) in [4.78, 5) is 15.6. The van der Waals surface area contributed by atoms with Gasteiger partial charge in [-0.3, -0.25) is 9.69 Å². The Morgan fingerprint density at radius 2 is 2.00 bits per heavy atom. The molecule has 0 saturated heterocycles. The van der Waals surface area contributed by atoms with Crippen molar-refractivity contribution in [1.29, 1.82) is 0 Å². The minimum absolute atomic E-state index is 0.115. The summed E-state index contributed by atoms with van der Waals surface area (Å²) in [7, 11) is 2.00. The van der Waals surface area contributed by atoms with Crippen molar-refractivity contribution >= 4 is 17.2 Å². The highest BCUT2D eigenvalue weighted by Crippen LogP contribution is 2.47. The Morgan fingerprint density at radius 1 is 1.26 bits per heavy atom. The van der Waals surface area contributed by atoms with Gasteiger partial charge in [0, 0.05) is 23.4 Å². The normalized spacial score (nSPS) is 15.6. The Morgan fingerprint density at radius 3 is 2.61 bits per heavy atom. The first-order chi connectivity index (χ1) is 11.1. The predicted octanol–water partition coefficient (Wildman–Crippen LogP) is 3.34. The van der Waals surface area contributed by atoms with Crippen LogP contribution in [0.2, 0.25) is 0 Å². The molecule has 1 N–H and O–H groups in total. The van der Waals surface area contributed by atoms with Crippen molar-refractivity contribution in [3.8, 4) is 0 Å². The van der Waals surface area contributed by atoms with E-state index in [4.69, 9.17) is 0 Å². The number of carbonyl (C=O) groups is 1. The third-order valence-corrected chi connectivity index (χ3v) is 5.67. The lowest BCUT2D eigenvalue weighted by molar-refractivity contribution is -0.122. The summed E-state index contributed by atoms with van der Waals surface area (Å²) in [6, 6.07) is 12.7. The number of thiophene rings is 1. The first-order valence-corrected chi connectivity index (χ1v) is 9.01. The minimum Gasteiger partial charge on any atom is -0.354 e. The van der Waals surface area contributed by atoms with Crippen LogP contribution in [-0.2, 0) is 16.8 Å². The Bertz CT molecular complexity index is 661. The van der Waals surface area contributed by atoms with Crippen molar-refractivity contribution in [2.24, 2.45) is 0 Å². The van der Waals surface area contributed by atoms with Gasteiger partial charge < -0.3 is 5.32 Å². The number of amides is 1. The van der Waals surface area contributed by atoms with Crippen LogP contribution in [0.1, 0.15) is 28.8 Å². The van der Waals surface area contributed by atoms with Crippen LogP contribution in [-0.4, -0.2) is 30.9 Å². The highest BCUT2D eigenvalue weighted by atomic mass is 32.1. The fourth-order valence-electron chi connectivity index (χ4n) is 2.95. The Hall–Kier alpha value is -1.65. The van der Waals surface area contributed by atoms with E-state index in [0.717, 1.165) is 13.1 Å². The Kier molecular flexibility index (Phi) is 4.83. The van der Waals surface area contributed by atoms with Crippen LogP contribution >= 0.6 is 11.3 Å². The maximum absolute atomic E-state index is 12.2. The van der Waals surface area contributed by atoms with Gasteiger partial charge in [0.05, 0.1) is 6.54 Å². The number of nitrogens with one attached hydrogen (secondary N) is 1. The summed E-state index contributed by atoms with van der Waals surface area (Å²) in [6.07, 6.45) is 2.34. The van der Waals surface area contributed by atoms with Gasteiger partial charge in [-0.1, -0.05) is 30.3 Å². The van der Waals surface area contributed by atoms with Gasteiger partial charge in [-0.05, 0) is 49.4 Å². The molecule has 1 aliphatic carbocycles. The second-order valence-corrected chi connectivity index (χ2v) is 7.62. The molecule has 3 rings (SSSR count). The van der Waals surface area contributed by atoms with E-state index < -0.39 is 0 Å². The van der Waals surface area contributed by atoms with Gasteiger partial charge in [0.25, 0.3) is 0 Å². The Balaban J connectivity index is 1.47. The number of rotatable bonds is 7. The van der Waals surface area contributed by atoms with Crippen LogP contribution in [0.15, 0.2) is 41.8 Å². The van der Waals surface area contributed by atoms with Crippen molar-refractivity contribution in [3.05, 3.63) is 57.8 Å². The van der Waals surface area contributed by atoms with E-state index in [-0.39, 0.29) is 11.3 Å². The Labute approximate surface area is 142 Å². The van der Waals surface area contributed by atoms with E-state index in [0.29, 0.717) is 6.54 Å². The number of hydrogen-bond donors (Lipinski definition) is 1. The fourth-order valence-corrected chi connectivity index (χ4v) is 3.93. The summed E-state index contributed by atoms with van der Waals surface area (Å²) < 4.78 is 0. The number of likely N-dealkylation sites (N-methyl/N-ethyl adjacent to an activating group) is 1. The van der Waals surface area contributed by atoms with Crippen LogP contribution in [0.25, 0.3) is 0 Å². The highest BCUT2D eigenvalue weighted by Gasteiger charge is 2.44. The molecular weight excluding hydrogens is 304 g/mol. The molecule has 0 atom stereocenters. The number of hydrogen-bond acceptors (Lipinski definition) is 3. The van der Waals surface area contributed by atoms with Crippen LogP contribution in [0.4, 0.5) is 0 Å². The molecule has 2 aromatic rings. The van der Waals surface area contributed by atoms with Crippen LogP contribution in [0, 0.1) is 6.92 Å². The minimum atomic E-state index is 0.115. The van der Waals surface area contributed by atoms with Gasteiger partial charge in [0.15, 0.2) is 0 Å². The standard InChI is InChI=1S/C19H24N2OS/c1-15-8-11-23-17(15)12-21(2)13-18(22)20-14-19(9-10-19)16-6-4-3-5-7-16/h3-8,11H,9-10,12-14H2,1-2H3,(H,20,22). The molecule has 1 fully saturated rings. The molecule has 1 aromatic heterocycles. The lowest BCUT2D eigenvalue weighted by atomic mass is 9.96. The quantitative estimate of drug-likeness (QED) is 0.845. The maximum Gasteiger partial charge on any atom is 0.234 e. The van der Waals surface area contributed by atoms with Gasteiger partial charge in [-0.15, -0.1) is 11.3 Å². The molecule has 122 valence electrons. The van der Waals surface area contributed by atoms with E-state index in [1.165, 1.54) is 28.8 Å². The van der Waals surface area contributed by atoms with Gasteiger partial charge in [0.1, 0.15) is 0 Å². The molecule has 1 heterocycles. The molecule has 23 heavy (non-hydrogen) atoms. The third kappa shape index (κ3) is 4.01. The van der Waals surface area contributed by atoms with E-state index in [2.05, 4.69) is 52.9 Å². The molecule has 1 aliphatic rings. The molecule has 0 spiro atoms. The van der Waals surface area contributed by atoms with E-state index in [1.54, 1.807) is 11.3 Å².